The van der Waals surface area contributed by atoms with Crippen LogP contribution in [0.15, 0.2) is 36.9 Å². The molecule has 1 heterocycles. The highest BCUT2D eigenvalue weighted by atomic mass is 16.3. The van der Waals surface area contributed by atoms with Gasteiger partial charge in [0.2, 0.25) is 5.91 Å². The van der Waals surface area contributed by atoms with Gasteiger partial charge in [-0.3, -0.25) is 9.59 Å². The van der Waals surface area contributed by atoms with Crippen LogP contribution in [0.2, 0.25) is 0 Å². The summed E-state index contributed by atoms with van der Waals surface area (Å²) in [6.07, 6.45) is 2.80. The van der Waals surface area contributed by atoms with Gasteiger partial charge >= 0.3 is 0 Å². The smallest absolute Gasteiger partial charge is 0.253 e. The third kappa shape index (κ3) is 2.76. The number of aliphatic hydroxyl groups is 1. The van der Waals surface area contributed by atoms with E-state index in [2.05, 4.69) is 11.9 Å². The molecular weight excluding hydrogens is 280 g/mol. The van der Waals surface area contributed by atoms with Crippen LogP contribution in [0.25, 0.3) is 0 Å². The fraction of sp³-hybridized carbons (Fsp3) is 0.412. The summed E-state index contributed by atoms with van der Waals surface area (Å²) < 4.78 is 0. The lowest BCUT2D eigenvalue weighted by Gasteiger charge is -2.18. The first-order valence-corrected chi connectivity index (χ1v) is 7.59. The molecule has 2 fully saturated rings. The minimum absolute atomic E-state index is 0.0109. The lowest BCUT2D eigenvalue weighted by molar-refractivity contribution is -0.111. The molecule has 0 bridgehead atoms. The second-order valence-corrected chi connectivity index (χ2v) is 6.05. The number of carbonyl (C=O) groups excluding carboxylic acids is 2. The minimum Gasteiger partial charge on any atom is -0.393 e. The number of rotatable bonds is 3. The van der Waals surface area contributed by atoms with E-state index >= 15 is 0 Å². The molecule has 5 heteroatoms. The highest BCUT2D eigenvalue weighted by molar-refractivity contribution is 5.99. The van der Waals surface area contributed by atoms with E-state index in [0.717, 1.165) is 19.4 Å². The topological polar surface area (TPSA) is 69.6 Å². The van der Waals surface area contributed by atoms with E-state index in [0.29, 0.717) is 23.7 Å². The van der Waals surface area contributed by atoms with Crippen LogP contribution in [0.4, 0.5) is 5.69 Å². The Bertz CT molecular complexity index is 596. The Kier molecular flexibility index (Phi) is 3.98. The summed E-state index contributed by atoms with van der Waals surface area (Å²) in [4.78, 5) is 25.6. The van der Waals surface area contributed by atoms with Gasteiger partial charge in [-0.2, -0.15) is 0 Å². The summed E-state index contributed by atoms with van der Waals surface area (Å²) in [5.41, 5.74) is 1.24. The van der Waals surface area contributed by atoms with Crippen LogP contribution in [-0.4, -0.2) is 41.0 Å². The van der Waals surface area contributed by atoms with Gasteiger partial charge in [0.15, 0.2) is 0 Å². The SMILES string of the molecule is C=CC(=O)Nc1ccc(C(=O)N2C[C@H]3CC[C@@H](O)[C@H]3C2)cc1. The summed E-state index contributed by atoms with van der Waals surface area (Å²) in [5.74, 6) is 0.379. The standard InChI is InChI=1S/C17H20N2O3/c1-2-16(21)18-13-6-3-11(4-7-13)17(22)19-9-12-5-8-15(20)14(12)10-19/h2-4,6-7,12,14-15,20H,1,5,8-10H2,(H,18,21)/t12-,14+,15-/m1/s1. The maximum atomic E-state index is 12.5. The lowest BCUT2D eigenvalue weighted by atomic mass is 10.00. The molecule has 0 spiro atoms. The van der Waals surface area contributed by atoms with Gasteiger partial charge in [-0.05, 0) is 49.1 Å². The van der Waals surface area contributed by atoms with Crippen LogP contribution in [0.3, 0.4) is 0 Å². The Morgan fingerprint density at radius 3 is 2.59 bits per heavy atom. The van der Waals surface area contributed by atoms with Crippen molar-refractivity contribution in [1.82, 2.24) is 4.90 Å². The van der Waals surface area contributed by atoms with E-state index in [4.69, 9.17) is 0 Å². The van der Waals surface area contributed by atoms with Crippen LogP contribution in [-0.2, 0) is 4.79 Å². The molecule has 2 N–H and O–H groups in total. The number of hydrogen-bond donors (Lipinski definition) is 2. The zero-order valence-electron chi connectivity index (χ0n) is 12.4. The summed E-state index contributed by atoms with van der Waals surface area (Å²) in [5, 5.41) is 12.6. The fourth-order valence-corrected chi connectivity index (χ4v) is 3.47. The van der Waals surface area contributed by atoms with E-state index in [1.54, 1.807) is 24.3 Å². The van der Waals surface area contributed by atoms with Crippen molar-refractivity contribution in [3.8, 4) is 0 Å². The second kappa shape index (κ2) is 5.93. The van der Waals surface area contributed by atoms with Crippen LogP contribution in [0, 0.1) is 11.8 Å². The monoisotopic (exact) mass is 300 g/mol. The van der Waals surface area contributed by atoms with Crippen LogP contribution in [0.1, 0.15) is 23.2 Å². The highest BCUT2D eigenvalue weighted by Gasteiger charge is 2.43. The number of fused-ring (bicyclic) bond motifs is 1. The molecule has 3 rings (SSSR count). The van der Waals surface area contributed by atoms with Crippen LogP contribution < -0.4 is 5.32 Å². The Balaban J connectivity index is 1.66. The molecule has 5 nitrogen and oxygen atoms in total. The Morgan fingerprint density at radius 2 is 1.95 bits per heavy atom. The van der Waals surface area contributed by atoms with Gasteiger partial charge in [-0.1, -0.05) is 6.58 Å². The van der Waals surface area contributed by atoms with Crippen molar-refractivity contribution in [3.63, 3.8) is 0 Å². The average Bonchev–Trinajstić information content (AvgIpc) is 3.10. The van der Waals surface area contributed by atoms with Gasteiger partial charge in [0.25, 0.3) is 5.91 Å². The normalized spacial score (nSPS) is 26.6. The van der Waals surface area contributed by atoms with Gasteiger partial charge in [-0.25, -0.2) is 0 Å². The van der Waals surface area contributed by atoms with Gasteiger partial charge in [0.05, 0.1) is 6.10 Å². The molecule has 2 amide bonds. The van der Waals surface area contributed by atoms with E-state index in [1.807, 2.05) is 4.90 Å². The quantitative estimate of drug-likeness (QED) is 0.834. The maximum Gasteiger partial charge on any atom is 0.253 e. The molecule has 0 aromatic heterocycles. The molecule has 1 aliphatic heterocycles. The number of anilines is 1. The molecule has 1 aromatic rings. The summed E-state index contributed by atoms with van der Waals surface area (Å²) in [6, 6.07) is 6.85. The Labute approximate surface area is 129 Å². The molecule has 1 saturated heterocycles. The van der Waals surface area contributed by atoms with Crippen molar-refractivity contribution < 1.29 is 14.7 Å². The molecular formula is C17H20N2O3. The predicted octanol–water partition coefficient (Wildman–Crippen LogP) is 1.65. The minimum atomic E-state index is -0.277. The Hall–Kier alpha value is -2.14. The number of nitrogens with zero attached hydrogens (tertiary/aromatic N) is 1. The molecule has 0 radical (unpaired) electrons. The number of aliphatic hydroxyl groups excluding tert-OH is 1. The summed E-state index contributed by atoms with van der Waals surface area (Å²) in [6.45, 7) is 4.77. The van der Waals surface area contributed by atoms with E-state index < -0.39 is 0 Å². The molecule has 2 aliphatic rings. The number of nitrogens with one attached hydrogen (secondary N) is 1. The molecule has 1 aliphatic carbocycles. The maximum absolute atomic E-state index is 12.5. The third-order valence-corrected chi connectivity index (χ3v) is 4.69. The van der Waals surface area contributed by atoms with Crippen molar-refractivity contribution in [2.24, 2.45) is 11.8 Å². The first-order chi connectivity index (χ1) is 10.6. The predicted molar refractivity (Wildman–Crippen MR) is 83.4 cm³/mol. The van der Waals surface area contributed by atoms with Crippen LogP contribution in [0.5, 0.6) is 0 Å². The van der Waals surface area contributed by atoms with E-state index in [1.165, 1.54) is 6.08 Å². The van der Waals surface area contributed by atoms with Crippen LogP contribution >= 0.6 is 0 Å². The number of benzene rings is 1. The largest absolute Gasteiger partial charge is 0.393 e. The highest BCUT2D eigenvalue weighted by Crippen LogP contribution is 2.38. The number of carbonyl (C=O) groups is 2. The molecule has 0 unspecified atom stereocenters. The fourth-order valence-electron chi connectivity index (χ4n) is 3.47. The summed E-state index contributed by atoms with van der Waals surface area (Å²) >= 11 is 0. The van der Waals surface area contributed by atoms with Crippen molar-refractivity contribution in [1.29, 1.82) is 0 Å². The average molecular weight is 300 g/mol. The van der Waals surface area contributed by atoms with E-state index in [-0.39, 0.29) is 23.8 Å². The van der Waals surface area contributed by atoms with Crippen molar-refractivity contribution in [3.05, 3.63) is 42.5 Å². The first kappa shape index (κ1) is 14.8. The van der Waals surface area contributed by atoms with Gasteiger partial charge in [-0.15, -0.1) is 0 Å². The molecule has 1 aromatic carbocycles. The van der Waals surface area contributed by atoms with Gasteiger partial charge in [0.1, 0.15) is 0 Å². The van der Waals surface area contributed by atoms with Gasteiger partial charge in [0, 0.05) is 30.3 Å². The summed E-state index contributed by atoms with van der Waals surface area (Å²) in [7, 11) is 0. The Morgan fingerprint density at radius 1 is 1.23 bits per heavy atom. The van der Waals surface area contributed by atoms with Crippen molar-refractivity contribution >= 4 is 17.5 Å². The molecule has 22 heavy (non-hydrogen) atoms. The number of hydrogen-bond acceptors (Lipinski definition) is 3. The van der Waals surface area contributed by atoms with E-state index in [9.17, 15) is 14.7 Å². The zero-order valence-corrected chi connectivity index (χ0v) is 12.4. The number of likely N-dealkylation sites (tertiary alicyclic amines) is 1. The van der Waals surface area contributed by atoms with Crippen molar-refractivity contribution in [2.45, 2.75) is 18.9 Å². The first-order valence-electron chi connectivity index (χ1n) is 7.59. The van der Waals surface area contributed by atoms with Gasteiger partial charge < -0.3 is 15.3 Å². The third-order valence-electron chi connectivity index (χ3n) is 4.69. The molecule has 1 saturated carbocycles. The number of amides is 2. The molecule has 3 atom stereocenters. The zero-order chi connectivity index (χ0) is 15.7. The second-order valence-electron chi connectivity index (χ2n) is 6.05. The molecule has 116 valence electrons. The lowest BCUT2D eigenvalue weighted by Crippen LogP contribution is -2.31. The van der Waals surface area contributed by atoms with Crippen molar-refractivity contribution in [2.75, 3.05) is 18.4 Å².